The average molecular weight is 342 g/mol. The van der Waals surface area contributed by atoms with Gasteiger partial charge in [-0.15, -0.1) is 0 Å². The first-order valence-corrected chi connectivity index (χ1v) is 7.86. The molecule has 1 saturated heterocycles. The first-order valence-electron chi connectivity index (χ1n) is 7.86. The van der Waals surface area contributed by atoms with Crippen LogP contribution in [0.3, 0.4) is 0 Å². The van der Waals surface area contributed by atoms with E-state index in [-0.39, 0.29) is 37.0 Å². The van der Waals surface area contributed by atoms with Crippen LogP contribution in [0.5, 0.6) is 0 Å². The zero-order valence-corrected chi connectivity index (χ0v) is 13.5. The third-order valence-electron chi connectivity index (χ3n) is 4.20. The molecule has 0 radical (unpaired) electrons. The second-order valence-corrected chi connectivity index (χ2v) is 6.05. The zero-order valence-electron chi connectivity index (χ0n) is 13.5. The molecule has 4 rings (SSSR count). The largest absolute Gasteiger partial charge is 0.361 e. The Bertz CT molecular complexity index is 908. The van der Waals surface area contributed by atoms with Gasteiger partial charge >= 0.3 is 0 Å². The van der Waals surface area contributed by atoms with Crippen molar-refractivity contribution in [3.8, 4) is 11.4 Å². The Morgan fingerprint density at radius 3 is 2.76 bits per heavy atom. The quantitative estimate of drug-likeness (QED) is 0.727. The van der Waals surface area contributed by atoms with Crippen molar-refractivity contribution in [2.24, 2.45) is 0 Å². The first kappa shape index (κ1) is 15.5. The van der Waals surface area contributed by atoms with E-state index in [4.69, 9.17) is 9.05 Å². The highest BCUT2D eigenvalue weighted by atomic mass is 19.1. The van der Waals surface area contributed by atoms with Crippen LogP contribution >= 0.6 is 0 Å². The highest BCUT2D eigenvalue weighted by Gasteiger charge is 2.47. The molecule has 1 amide bonds. The molecule has 128 valence electrons. The summed E-state index contributed by atoms with van der Waals surface area (Å²) >= 11 is 0. The smallest absolute Gasteiger partial charge is 0.276 e. The molecule has 1 unspecified atom stereocenters. The third-order valence-corrected chi connectivity index (χ3v) is 4.20. The summed E-state index contributed by atoms with van der Waals surface area (Å²) in [5.74, 6) is 0.361. The summed E-state index contributed by atoms with van der Waals surface area (Å²) in [7, 11) is 0. The number of aromatic nitrogens is 3. The normalized spacial score (nSPS) is 20.2. The molecule has 1 aliphatic rings. The summed E-state index contributed by atoms with van der Waals surface area (Å²) in [5.41, 5.74) is -0.962. The number of carbonyl (C=O) groups excluding carboxylic acids is 1. The number of amides is 1. The van der Waals surface area contributed by atoms with Crippen LogP contribution in [0, 0.1) is 6.92 Å². The van der Waals surface area contributed by atoms with Gasteiger partial charge in [-0.25, -0.2) is 4.39 Å². The number of hydrogen-bond donors (Lipinski definition) is 0. The van der Waals surface area contributed by atoms with Gasteiger partial charge in [0.2, 0.25) is 11.5 Å². The highest BCUT2D eigenvalue weighted by molar-refractivity contribution is 5.92. The Hall–Kier alpha value is -3.03. The van der Waals surface area contributed by atoms with Crippen LogP contribution < -0.4 is 0 Å². The molecule has 0 bridgehead atoms. The molecule has 0 saturated carbocycles. The molecule has 1 fully saturated rings. The van der Waals surface area contributed by atoms with Crippen LogP contribution in [-0.4, -0.2) is 39.2 Å². The minimum absolute atomic E-state index is 0.0893. The summed E-state index contributed by atoms with van der Waals surface area (Å²) in [4.78, 5) is 17.9. The van der Waals surface area contributed by atoms with E-state index in [0.29, 0.717) is 11.6 Å². The van der Waals surface area contributed by atoms with Crippen LogP contribution in [0.1, 0.15) is 28.6 Å². The van der Waals surface area contributed by atoms with Gasteiger partial charge in [-0.05, 0) is 6.92 Å². The van der Waals surface area contributed by atoms with Crippen molar-refractivity contribution >= 4 is 5.91 Å². The molecular weight excluding hydrogens is 327 g/mol. The van der Waals surface area contributed by atoms with Gasteiger partial charge in [0.05, 0.1) is 6.54 Å². The number of likely N-dealkylation sites (tertiary alicyclic amines) is 1. The van der Waals surface area contributed by atoms with Gasteiger partial charge in [0.25, 0.3) is 11.8 Å². The number of rotatable bonds is 3. The van der Waals surface area contributed by atoms with Crippen LogP contribution in [0.2, 0.25) is 0 Å². The van der Waals surface area contributed by atoms with Crippen molar-refractivity contribution in [1.82, 2.24) is 20.2 Å². The van der Waals surface area contributed by atoms with Gasteiger partial charge in [-0.3, -0.25) is 4.79 Å². The fourth-order valence-electron chi connectivity index (χ4n) is 2.86. The summed E-state index contributed by atoms with van der Waals surface area (Å²) in [5, 5.41) is 7.54. The predicted octanol–water partition coefficient (Wildman–Crippen LogP) is 2.74. The second kappa shape index (κ2) is 5.80. The lowest BCUT2D eigenvalue weighted by Crippen LogP contribution is -2.32. The van der Waals surface area contributed by atoms with E-state index in [9.17, 15) is 4.79 Å². The summed E-state index contributed by atoms with van der Waals surface area (Å²) in [6.45, 7) is 1.77. The van der Waals surface area contributed by atoms with E-state index < -0.39 is 5.67 Å². The van der Waals surface area contributed by atoms with Gasteiger partial charge in [0, 0.05) is 24.6 Å². The molecule has 25 heavy (non-hydrogen) atoms. The number of hydrogen-bond acceptors (Lipinski definition) is 6. The number of aryl methyl sites for hydroxylation is 1. The predicted molar refractivity (Wildman–Crippen MR) is 84.3 cm³/mol. The maximum absolute atomic E-state index is 15.3. The lowest BCUT2D eigenvalue weighted by molar-refractivity contribution is 0.0707. The molecule has 1 atom stereocenters. The van der Waals surface area contributed by atoms with E-state index in [1.807, 2.05) is 30.3 Å². The third kappa shape index (κ3) is 2.79. The number of nitrogens with zero attached hydrogens (tertiary/aromatic N) is 4. The van der Waals surface area contributed by atoms with Gasteiger partial charge in [0.15, 0.2) is 5.69 Å². The molecule has 8 heteroatoms. The maximum atomic E-state index is 15.3. The number of halogens is 1. The average Bonchev–Trinajstić information content (AvgIpc) is 3.35. The minimum atomic E-state index is -1.87. The molecule has 0 N–H and O–H groups in total. The highest BCUT2D eigenvalue weighted by Crippen LogP contribution is 2.36. The summed E-state index contributed by atoms with van der Waals surface area (Å²) < 4.78 is 25.3. The van der Waals surface area contributed by atoms with Gasteiger partial charge < -0.3 is 13.9 Å². The van der Waals surface area contributed by atoms with E-state index >= 15 is 4.39 Å². The SMILES string of the molecule is Cc1cc(C(=O)N2CCC(F)(c3nc(-c4ccccc4)no3)C2)no1. The fraction of sp³-hybridized carbons (Fsp3) is 0.294. The molecule has 0 spiro atoms. The van der Waals surface area contributed by atoms with Crippen molar-refractivity contribution in [3.63, 3.8) is 0 Å². The van der Waals surface area contributed by atoms with Crippen LogP contribution in [0.25, 0.3) is 11.4 Å². The van der Waals surface area contributed by atoms with E-state index in [0.717, 1.165) is 5.56 Å². The van der Waals surface area contributed by atoms with E-state index in [2.05, 4.69) is 15.3 Å². The molecule has 7 nitrogen and oxygen atoms in total. The fourth-order valence-corrected chi connectivity index (χ4v) is 2.86. The van der Waals surface area contributed by atoms with E-state index in [1.165, 1.54) is 11.0 Å². The Labute approximate surface area is 142 Å². The minimum Gasteiger partial charge on any atom is -0.361 e. The second-order valence-electron chi connectivity index (χ2n) is 6.05. The van der Waals surface area contributed by atoms with Crippen LogP contribution in [0.4, 0.5) is 4.39 Å². The standard InChI is InChI=1S/C17H15FN4O3/c1-11-9-13(20-24-11)15(23)22-8-7-17(18,10-22)16-19-14(21-25-16)12-5-3-2-4-6-12/h2-6,9H,7-8,10H2,1H3. The van der Waals surface area contributed by atoms with E-state index in [1.54, 1.807) is 6.92 Å². The van der Waals surface area contributed by atoms with Crippen LogP contribution in [-0.2, 0) is 5.67 Å². The molecule has 3 aromatic rings. The van der Waals surface area contributed by atoms with Crippen LogP contribution in [0.15, 0.2) is 45.4 Å². The Morgan fingerprint density at radius 2 is 2.04 bits per heavy atom. The van der Waals surface area contributed by atoms with Crippen molar-refractivity contribution < 1.29 is 18.2 Å². The van der Waals surface area contributed by atoms with Crippen molar-refractivity contribution in [3.05, 3.63) is 53.7 Å². The number of benzene rings is 1. The Morgan fingerprint density at radius 1 is 1.24 bits per heavy atom. The first-order chi connectivity index (χ1) is 12.0. The molecular formula is C17H15FN4O3. The molecule has 1 aromatic carbocycles. The van der Waals surface area contributed by atoms with Gasteiger partial charge in [-0.1, -0.05) is 40.6 Å². The van der Waals surface area contributed by atoms with Gasteiger partial charge in [-0.2, -0.15) is 4.98 Å². The maximum Gasteiger partial charge on any atom is 0.276 e. The van der Waals surface area contributed by atoms with Gasteiger partial charge in [0.1, 0.15) is 5.76 Å². The summed E-state index contributed by atoms with van der Waals surface area (Å²) in [6, 6.07) is 10.7. The topological polar surface area (TPSA) is 85.3 Å². The van der Waals surface area contributed by atoms with Crippen molar-refractivity contribution in [2.75, 3.05) is 13.1 Å². The number of alkyl halides is 1. The van der Waals surface area contributed by atoms with Crippen molar-refractivity contribution in [2.45, 2.75) is 19.0 Å². The molecule has 2 aromatic heterocycles. The van der Waals surface area contributed by atoms with Crippen molar-refractivity contribution in [1.29, 1.82) is 0 Å². The molecule has 3 heterocycles. The Balaban J connectivity index is 1.54. The monoisotopic (exact) mass is 342 g/mol. The summed E-state index contributed by atoms with van der Waals surface area (Å²) in [6.07, 6.45) is 0.0893. The lowest BCUT2D eigenvalue weighted by atomic mass is 10.1. The molecule has 0 aliphatic carbocycles. The Kier molecular flexibility index (Phi) is 3.60. The molecule has 1 aliphatic heterocycles. The number of carbonyl (C=O) groups is 1. The lowest BCUT2D eigenvalue weighted by Gasteiger charge is -2.16. The zero-order chi connectivity index (χ0) is 17.4.